The molecule has 0 radical (unpaired) electrons. The van der Waals surface area contributed by atoms with Crippen LogP contribution in [0, 0.1) is 0 Å². The molecule has 2 aliphatic heterocycles. The van der Waals surface area contributed by atoms with Crippen molar-refractivity contribution in [1.82, 2.24) is 20.0 Å². The quantitative estimate of drug-likeness (QED) is 0.721. The van der Waals surface area contributed by atoms with E-state index in [1.165, 1.54) is 0 Å². The average Bonchev–Trinajstić information content (AvgIpc) is 3.10. The molecule has 2 atom stereocenters. The zero-order valence-corrected chi connectivity index (χ0v) is 17.4. The molecule has 11 heteroatoms. The van der Waals surface area contributed by atoms with E-state index in [4.69, 9.17) is 16.3 Å². The predicted molar refractivity (Wildman–Crippen MR) is 109 cm³/mol. The number of halogens is 4. The van der Waals surface area contributed by atoms with E-state index < -0.39 is 24.2 Å². The van der Waals surface area contributed by atoms with Crippen LogP contribution >= 0.6 is 11.6 Å². The maximum atomic E-state index is 13.8. The number of alkyl halides is 3. The van der Waals surface area contributed by atoms with Crippen LogP contribution in [0.1, 0.15) is 34.6 Å². The molecule has 0 saturated carbocycles. The predicted octanol–water partition coefficient (Wildman–Crippen LogP) is 3.26. The Morgan fingerprint density at radius 1 is 1.26 bits per heavy atom. The Labute approximate surface area is 182 Å². The number of hydrogen-bond acceptors (Lipinski definition) is 5. The fraction of sp³-hybridized carbons (Fsp3) is 0.500. The van der Waals surface area contributed by atoms with Gasteiger partial charge >= 0.3 is 6.18 Å². The van der Waals surface area contributed by atoms with Gasteiger partial charge in [-0.15, -0.1) is 0 Å². The Balaban J connectivity index is 1.53. The van der Waals surface area contributed by atoms with Crippen LogP contribution in [0.3, 0.4) is 0 Å². The van der Waals surface area contributed by atoms with Crippen molar-refractivity contribution >= 4 is 23.3 Å². The number of hydrogen-bond donors (Lipinski definition) is 2. The molecule has 2 aliphatic rings. The van der Waals surface area contributed by atoms with Crippen LogP contribution in [0.5, 0.6) is 0 Å². The van der Waals surface area contributed by atoms with Crippen molar-refractivity contribution in [2.45, 2.75) is 24.7 Å². The second kappa shape index (κ2) is 9.05. The van der Waals surface area contributed by atoms with E-state index in [9.17, 15) is 18.0 Å². The lowest BCUT2D eigenvalue weighted by Crippen LogP contribution is -2.41. The van der Waals surface area contributed by atoms with Gasteiger partial charge in [-0.1, -0.05) is 41.9 Å². The van der Waals surface area contributed by atoms with Crippen LogP contribution in [0.15, 0.2) is 30.3 Å². The van der Waals surface area contributed by atoms with E-state index >= 15 is 0 Å². The molecule has 0 spiro atoms. The molecular weight excluding hydrogens is 435 g/mol. The monoisotopic (exact) mass is 457 g/mol. The molecule has 0 aliphatic carbocycles. The Morgan fingerprint density at radius 2 is 1.97 bits per heavy atom. The van der Waals surface area contributed by atoms with Crippen LogP contribution in [0.2, 0.25) is 5.02 Å². The molecule has 1 amide bonds. The van der Waals surface area contributed by atoms with Gasteiger partial charge in [0, 0.05) is 32.6 Å². The molecule has 31 heavy (non-hydrogen) atoms. The minimum atomic E-state index is -4.54. The van der Waals surface area contributed by atoms with Crippen LogP contribution in [0.25, 0.3) is 0 Å². The molecule has 2 N–H and O–H groups in total. The SMILES string of the molecule is O=C(NCCN1CCOCC1)c1nn2c(c1Cl)N[C@H](c1ccccc1)C[C@@H]2C(F)(F)F. The number of anilines is 1. The smallest absolute Gasteiger partial charge is 0.379 e. The summed E-state index contributed by atoms with van der Waals surface area (Å²) in [5.41, 5.74) is 0.492. The number of nitrogens with zero attached hydrogens (tertiary/aromatic N) is 3. The summed E-state index contributed by atoms with van der Waals surface area (Å²) >= 11 is 6.33. The van der Waals surface area contributed by atoms with Crippen molar-refractivity contribution in [2.75, 3.05) is 44.7 Å². The number of carbonyl (C=O) groups is 1. The fourth-order valence-electron chi connectivity index (χ4n) is 3.87. The second-order valence-corrected chi connectivity index (χ2v) is 7.94. The van der Waals surface area contributed by atoms with Crippen molar-refractivity contribution in [3.63, 3.8) is 0 Å². The van der Waals surface area contributed by atoms with Gasteiger partial charge in [-0.2, -0.15) is 18.3 Å². The molecule has 0 unspecified atom stereocenters. The van der Waals surface area contributed by atoms with E-state index in [0.29, 0.717) is 31.9 Å². The van der Waals surface area contributed by atoms with E-state index in [-0.39, 0.29) is 23.0 Å². The second-order valence-electron chi connectivity index (χ2n) is 7.57. The van der Waals surface area contributed by atoms with Gasteiger partial charge in [0.05, 0.1) is 19.3 Å². The van der Waals surface area contributed by atoms with Gasteiger partial charge in [0.2, 0.25) is 0 Å². The standard InChI is InChI=1S/C20H23ClF3N5O2/c21-16-17(19(30)25-6-7-28-8-10-31-11-9-28)27-29-15(20(22,23)24)12-14(26-18(16)29)13-4-2-1-3-5-13/h1-5,14-15,26H,6-12H2,(H,25,30)/t14-,15+/m0/s1. The Morgan fingerprint density at radius 3 is 2.65 bits per heavy atom. The van der Waals surface area contributed by atoms with Gasteiger partial charge in [0.15, 0.2) is 11.7 Å². The fourth-order valence-corrected chi connectivity index (χ4v) is 4.14. The minimum Gasteiger partial charge on any atom is -0.379 e. The maximum Gasteiger partial charge on any atom is 0.410 e. The van der Waals surface area contributed by atoms with E-state index in [1.807, 2.05) is 0 Å². The summed E-state index contributed by atoms with van der Waals surface area (Å²) in [6.45, 7) is 3.77. The third kappa shape index (κ3) is 4.81. The molecule has 1 saturated heterocycles. The topological polar surface area (TPSA) is 71.4 Å². The molecule has 4 rings (SSSR count). The van der Waals surface area contributed by atoms with Gasteiger partial charge in [-0.25, -0.2) is 4.68 Å². The first-order valence-corrected chi connectivity index (χ1v) is 10.5. The Hall–Kier alpha value is -2.30. The molecular formula is C20H23ClF3N5O2. The number of fused-ring (bicyclic) bond motifs is 1. The number of amides is 1. The third-order valence-corrected chi connectivity index (χ3v) is 5.89. The summed E-state index contributed by atoms with van der Waals surface area (Å²) in [4.78, 5) is 14.7. The number of ether oxygens (including phenoxy) is 1. The summed E-state index contributed by atoms with van der Waals surface area (Å²) in [6.07, 6.45) is -4.79. The molecule has 1 aromatic carbocycles. The van der Waals surface area contributed by atoms with Crippen molar-refractivity contribution in [3.8, 4) is 0 Å². The van der Waals surface area contributed by atoms with Crippen LogP contribution in [-0.2, 0) is 4.74 Å². The van der Waals surface area contributed by atoms with Crippen molar-refractivity contribution in [3.05, 3.63) is 46.6 Å². The summed E-state index contributed by atoms with van der Waals surface area (Å²) in [7, 11) is 0. The average molecular weight is 458 g/mol. The Kier molecular flexibility index (Phi) is 6.40. The summed E-state index contributed by atoms with van der Waals surface area (Å²) in [5, 5.41) is 9.57. The van der Waals surface area contributed by atoms with E-state index in [2.05, 4.69) is 20.6 Å². The first-order valence-electron chi connectivity index (χ1n) is 10.1. The number of rotatable bonds is 5. The lowest BCUT2D eigenvalue weighted by molar-refractivity contribution is -0.173. The first kappa shape index (κ1) is 21.9. The first-order chi connectivity index (χ1) is 14.8. The normalized spacial score (nSPS) is 21.9. The number of aromatic nitrogens is 2. The van der Waals surface area contributed by atoms with Gasteiger partial charge in [-0.3, -0.25) is 9.69 Å². The molecule has 3 heterocycles. The van der Waals surface area contributed by atoms with Crippen LogP contribution in [0.4, 0.5) is 19.0 Å². The zero-order chi connectivity index (χ0) is 22.0. The number of carbonyl (C=O) groups excluding carboxylic acids is 1. The van der Waals surface area contributed by atoms with Gasteiger partial charge < -0.3 is 15.4 Å². The maximum absolute atomic E-state index is 13.8. The third-order valence-electron chi connectivity index (χ3n) is 5.53. The highest BCUT2D eigenvalue weighted by Crippen LogP contribution is 2.46. The highest BCUT2D eigenvalue weighted by molar-refractivity contribution is 6.36. The summed E-state index contributed by atoms with van der Waals surface area (Å²) in [5.74, 6) is -0.596. The van der Waals surface area contributed by atoms with Crippen LogP contribution < -0.4 is 10.6 Å². The van der Waals surface area contributed by atoms with Crippen molar-refractivity contribution in [2.24, 2.45) is 0 Å². The largest absolute Gasteiger partial charge is 0.410 e. The highest BCUT2D eigenvalue weighted by atomic mass is 35.5. The molecule has 1 fully saturated rings. The van der Waals surface area contributed by atoms with E-state index in [0.717, 1.165) is 17.8 Å². The van der Waals surface area contributed by atoms with Gasteiger partial charge in [0.1, 0.15) is 10.8 Å². The molecule has 7 nitrogen and oxygen atoms in total. The van der Waals surface area contributed by atoms with E-state index in [1.54, 1.807) is 30.3 Å². The zero-order valence-electron chi connectivity index (χ0n) is 16.7. The Bertz CT molecular complexity index is 916. The summed E-state index contributed by atoms with van der Waals surface area (Å²) < 4.78 is 47.5. The molecule has 2 aromatic rings. The number of benzene rings is 1. The minimum absolute atomic E-state index is 0.00224. The van der Waals surface area contributed by atoms with Crippen LogP contribution in [-0.4, -0.2) is 66.2 Å². The molecule has 0 bridgehead atoms. The highest BCUT2D eigenvalue weighted by Gasteiger charge is 2.47. The van der Waals surface area contributed by atoms with Gasteiger partial charge in [0.25, 0.3) is 5.91 Å². The molecule has 1 aromatic heterocycles. The van der Waals surface area contributed by atoms with Crippen molar-refractivity contribution in [1.29, 1.82) is 0 Å². The lowest BCUT2D eigenvalue weighted by Gasteiger charge is -2.33. The molecule has 168 valence electrons. The lowest BCUT2D eigenvalue weighted by atomic mass is 9.97. The number of nitrogens with one attached hydrogen (secondary N) is 2. The van der Waals surface area contributed by atoms with Crippen molar-refractivity contribution < 1.29 is 22.7 Å². The summed E-state index contributed by atoms with van der Waals surface area (Å²) in [6, 6.07) is 6.34. The number of morpholine rings is 1. The van der Waals surface area contributed by atoms with Gasteiger partial charge in [-0.05, 0) is 5.56 Å².